The van der Waals surface area contributed by atoms with Crippen LogP contribution < -0.4 is 10.1 Å². The molecule has 26 heavy (non-hydrogen) atoms. The molecule has 0 saturated heterocycles. The van der Waals surface area contributed by atoms with Crippen LogP contribution in [-0.2, 0) is 0 Å². The van der Waals surface area contributed by atoms with Crippen LogP contribution >= 0.6 is 0 Å². The molecule has 0 aliphatic carbocycles. The molecule has 1 atom stereocenters. The number of carbonyl (C=O) groups is 1. The van der Waals surface area contributed by atoms with Crippen molar-refractivity contribution in [3.63, 3.8) is 0 Å². The fourth-order valence-electron chi connectivity index (χ4n) is 2.89. The summed E-state index contributed by atoms with van der Waals surface area (Å²) in [4.78, 5) is 23.4. The third-order valence-electron chi connectivity index (χ3n) is 4.28. The third kappa shape index (κ3) is 4.59. The van der Waals surface area contributed by atoms with Gasteiger partial charge in [0.25, 0.3) is 11.6 Å². The highest BCUT2D eigenvalue weighted by Gasteiger charge is 2.21. The molecule has 0 saturated carbocycles. The topological polar surface area (TPSA) is 81.5 Å². The van der Waals surface area contributed by atoms with Crippen molar-refractivity contribution in [3.8, 4) is 5.75 Å². The Labute approximate surface area is 153 Å². The van der Waals surface area contributed by atoms with Gasteiger partial charge in [-0.3, -0.25) is 14.9 Å². The number of nitro benzene ring substituents is 1. The molecule has 0 aliphatic rings. The number of ether oxygens (including phenoxy) is 1. The first-order chi connectivity index (χ1) is 12.3. The lowest BCUT2D eigenvalue weighted by molar-refractivity contribution is -0.385. The number of rotatable bonds is 7. The second kappa shape index (κ2) is 8.47. The average Bonchev–Trinajstić information content (AvgIpc) is 2.60. The Hall–Kier alpha value is -2.89. The van der Waals surface area contributed by atoms with Crippen molar-refractivity contribution in [1.82, 2.24) is 5.32 Å². The number of carbonyl (C=O) groups excluding carboxylic acids is 1. The zero-order chi connectivity index (χ0) is 19.3. The Bertz CT molecular complexity index is 785. The molecule has 0 aromatic heterocycles. The van der Waals surface area contributed by atoms with E-state index in [1.165, 1.54) is 12.1 Å². The van der Waals surface area contributed by atoms with Gasteiger partial charge in [-0.2, -0.15) is 0 Å². The average molecular weight is 356 g/mol. The van der Waals surface area contributed by atoms with Gasteiger partial charge in [0.1, 0.15) is 5.75 Å². The summed E-state index contributed by atoms with van der Waals surface area (Å²) in [5.41, 5.74) is 1.60. The summed E-state index contributed by atoms with van der Waals surface area (Å²) in [6.07, 6.45) is 0.756. The van der Waals surface area contributed by atoms with Crippen LogP contribution in [0.25, 0.3) is 0 Å². The van der Waals surface area contributed by atoms with E-state index in [2.05, 4.69) is 19.2 Å². The molecule has 2 rings (SSSR count). The van der Waals surface area contributed by atoms with E-state index in [0.29, 0.717) is 17.0 Å². The number of hydrogen-bond acceptors (Lipinski definition) is 4. The highest BCUT2D eigenvalue weighted by Crippen LogP contribution is 2.26. The zero-order valence-electron chi connectivity index (χ0n) is 15.5. The highest BCUT2D eigenvalue weighted by molar-refractivity contribution is 5.96. The second-order valence-electron chi connectivity index (χ2n) is 6.64. The first kappa shape index (κ1) is 19.4. The van der Waals surface area contributed by atoms with Gasteiger partial charge < -0.3 is 10.1 Å². The molecule has 1 N–H and O–H groups in total. The van der Waals surface area contributed by atoms with Gasteiger partial charge in [0.2, 0.25) is 0 Å². The van der Waals surface area contributed by atoms with E-state index in [1.807, 2.05) is 24.3 Å². The standard InChI is InChI=1S/C20H24N2O4/c1-13(2)12-18(15-8-10-16(26-4)11-9-15)21-20(23)17-6-5-7-19(14(17)3)22(24)25/h5-11,13,18H,12H2,1-4H3,(H,21,23)/t18-/m0/s1. The van der Waals surface area contributed by atoms with E-state index in [0.717, 1.165) is 17.7 Å². The van der Waals surface area contributed by atoms with E-state index in [-0.39, 0.29) is 17.6 Å². The van der Waals surface area contributed by atoms with E-state index < -0.39 is 4.92 Å². The maximum atomic E-state index is 12.8. The Balaban J connectivity index is 2.29. The number of amides is 1. The number of nitrogens with zero attached hydrogens (tertiary/aromatic N) is 1. The number of benzene rings is 2. The van der Waals surface area contributed by atoms with Gasteiger partial charge in [-0.15, -0.1) is 0 Å². The second-order valence-corrected chi connectivity index (χ2v) is 6.64. The largest absolute Gasteiger partial charge is 0.497 e. The van der Waals surface area contributed by atoms with Crippen molar-refractivity contribution in [2.45, 2.75) is 33.2 Å². The number of hydrogen-bond donors (Lipinski definition) is 1. The third-order valence-corrected chi connectivity index (χ3v) is 4.28. The molecule has 6 heteroatoms. The molecule has 138 valence electrons. The maximum absolute atomic E-state index is 12.8. The van der Waals surface area contributed by atoms with Crippen molar-refractivity contribution in [1.29, 1.82) is 0 Å². The van der Waals surface area contributed by atoms with Crippen LogP contribution in [0.4, 0.5) is 5.69 Å². The minimum absolute atomic E-state index is 0.0532. The Morgan fingerprint density at radius 3 is 2.38 bits per heavy atom. The summed E-state index contributed by atoms with van der Waals surface area (Å²) < 4.78 is 5.18. The monoisotopic (exact) mass is 356 g/mol. The normalized spacial score (nSPS) is 11.9. The molecule has 0 aliphatic heterocycles. The predicted molar refractivity (Wildman–Crippen MR) is 100 cm³/mol. The molecule has 6 nitrogen and oxygen atoms in total. The molecule has 1 amide bonds. The molecule has 2 aromatic carbocycles. The quantitative estimate of drug-likeness (QED) is 0.588. The zero-order valence-corrected chi connectivity index (χ0v) is 15.5. The van der Waals surface area contributed by atoms with E-state index in [4.69, 9.17) is 4.74 Å². The lowest BCUT2D eigenvalue weighted by atomic mass is 9.96. The van der Waals surface area contributed by atoms with Gasteiger partial charge in [-0.1, -0.05) is 32.0 Å². The first-order valence-corrected chi connectivity index (χ1v) is 8.52. The lowest BCUT2D eigenvalue weighted by Gasteiger charge is -2.22. The predicted octanol–water partition coefficient (Wildman–Crippen LogP) is 4.43. The van der Waals surface area contributed by atoms with Crippen LogP contribution in [0, 0.1) is 23.0 Å². The number of nitro groups is 1. The summed E-state index contributed by atoms with van der Waals surface area (Å²) in [5, 5.41) is 14.1. The molecule has 0 bridgehead atoms. The molecule has 2 aromatic rings. The van der Waals surface area contributed by atoms with Gasteiger partial charge in [-0.05, 0) is 43.0 Å². The summed E-state index contributed by atoms with van der Waals surface area (Å²) >= 11 is 0. The molecule has 0 unspecified atom stereocenters. The van der Waals surface area contributed by atoms with Gasteiger partial charge >= 0.3 is 0 Å². The van der Waals surface area contributed by atoms with Crippen LogP contribution in [0.1, 0.15) is 47.8 Å². The lowest BCUT2D eigenvalue weighted by Crippen LogP contribution is -2.30. The molecular formula is C20H24N2O4. The number of nitrogens with one attached hydrogen (secondary N) is 1. The molecular weight excluding hydrogens is 332 g/mol. The van der Waals surface area contributed by atoms with Crippen molar-refractivity contribution >= 4 is 11.6 Å². The van der Waals surface area contributed by atoms with Crippen LogP contribution in [0.15, 0.2) is 42.5 Å². The van der Waals surface area contributed by atoms with Crippen molar-refractivity contribution in [2.75, 3.05) is 7.11 Å². The fraction of sp³-hybridized carbons (Fsp3) is 0.350. The van der Waals surface area contributed by atoms with Gasteiger partial charge in [0.05, 0.1) is 18.1 Å². The van der Waals surface area contributed by atoms with Crippen molar-refractivity contribution in [2.24, 2.45) is 5.92 Å². The fourth-order valence-corrected chi connectivity index (χ4v) is 2.89. The summed E-state index contributed by atoms with van der Waals surface area (Å²) in [6.45, 7) is 5.76. The minimum Gasteiger partial charge on any atom is -0.497 e. The van der Waals surface area contributed by atoms with Gasteiger partial charge in [-0.25, -0.2) is 0 Å². The van der Waals surface area contributed by atoms with Crippen LogP contribution in [0.2, 0.25) is 0 Å². The van der Waals surface area contributed by atoms with Gasteiger partial charge in [0, 0.05) is 17.2 Å². The van der Waals surface area contributed by atoms with E-state index >= 15 is 0 Å². The molecule has 0 radical (unpaired) electrons. The maximum Gasteiger partial charge on any atom is 0.273 e. The summed E-state index contributed by atoms with van der Waals surface area (Å²) in [6, 6.07) is 11.9. The molecule has 0 fully saturated rings. The molecule has 0 spiro atoms. The van der Waals surface area contributed by atoms with E-state index in [9.17, 15) is 14.9 Å². The molecule has 0 heterocycles. The van der Waals surface area contributed by atoms with Crippen molar-refractivity contribution < 1.29 is 14.5 Å². The van der Waals surface area contributed by atoms with Crippen LogP contribution in [0.5, 0.6) is 5.75 Å². The summed E-state index contributed by atoms with van der Waals surface area (Å²) in [5.74, 6) is 0.805. The highest BCUT2D eigenvalue weighted by atomic mass is 16.6. The Morgan fingerprint density at radius 2 is 1.85 bits per heavy atom. The Kier molecular flexibility index (Phi) is 6.33. The summed E-state index contributed by atoms with van der Waals surface area (Å²) in [7, 11) is 1.60. The Morgan fingerprint density at radius 1 is 1.19 bits per heavy atom. The minimum atomic E-state index is -0.471. The SMILES string of the molecule is COc1ccc([C@H](CC(C)C)NC(=O)c2cccc([N+](=O)[O-])c2C)cc1. The van der Waals surface area contributed by atoms with Crippen molar-refractivity contribution in [3.05, 3.63) is 69.3 Å². The first-order valence-electron chi connectivity index (χ1n) is 8.52. The number of methoxy groups -OCH3 is 1. The van der Waals surface area contributed by atoms with E-state index in [1.54, 1.807) is 20.1 Å². The smallest absolute Gasteiger partial charge is 0.273 e. The van der Waals surface area contributed by atoms with Crippen LogP contribution in [0.3, 0.4) is 0 Å². The van der Waals surface area contributed by atoms with Gasteiger partial charge in [0.15, 0.2) is 0 Å². The van der Waals surface area contributed by atoms with Crippen LogP contribution in [-0.4, -0.2) is 17.9 Å².